The van der Waals surface area contributed by atoms with E-state index in [4.69, 9.17) is 16.7 Å². The maximum absolute atomic E-state index is 11.5. The molecule has 0 saturated carbocycles. The Kier molecular flexibility index (Phi) is 4.25. The Balaban J connectivity index is 3.19. The predicted octanol–water partition coefficient (Wildman–Crippen LogP) is 1.25. The molecule has 0 aliphatic rings. The molecule has 0 radical (unpaired) electrons. The highest BCUT2D eigenvalue weighted by Crippen LogP contribution is 2.28. The second-order valence-electron chi connectivity index (χ2n) is 3.42. The monoisotopic (exact) mass is 293 g/mol. The summed E-state index contributed by atoms with van der Waals surface area (Å²) in [6, 6.07) is 3.73. The first-order chi connectivity index (χ1) is 8.23. The van der Waals surface area contributed by atoms with E-state index in [9.17, 15) is 23.3 Å². The molecule has 1 N–H and O–H groups in total. The highest BCUT2D eigenvalue weighted by Gasteiger charge is 2.24. The van der Waals surface area contributed by atoms with Gasteiger partial charge >= 0.3 is 5.97 Å². The van der Waals surface area contributed by atoms with Crippen LogP contribution in [0.4, 0.5) is 5.69 Å². The lowest BCUT2D eigenvalue weighted by atomic mass is 10.2. The Bertz CT molecular complexity index is 597. The van der Waals surface area contributed by atoms with E-state index in [0.717, 1.165) is 6.07 Å². The van der Waals surface area contributed by atoms with Gasteiger partial charge in [-0.15, -0.1) is 0 Å². The standard InChI is InChI=1S/C9H8ClNO6S/c10-7-2-1-3-8(11(14)15)6(7)4-18(16,17)5-9(12)13/h1-3H,4-5H2,(H,12,13). The van der Waals surface area contributed by atoms with Gasteiger partial charge in [0.05, 0.1) is 21.3 Å². The van der Waals surface area contributed by atoms with Crippen molar-refractivity contribution >= 4 is 33.1 Å². The summed E-state index contributed by atoms with van der Waals surface area (Å²) in [6.45, 7) is 0. The van der Waals surface area contributed by atoms with Crippen molar-refractivity contribution in [2.45, 2.75) is 5.75 Å². The minimum absolute atomic E-state index is 0.0850. The number of nitro groups is 1. The van der Waals surface area contributed by atoms with Gasteiger partial charge in [-0.2, -0.15) is 0 Å². The van der Waals surface area contributed by atoms with Crippen LogP contribution in [0.1, 0.15) is 5.56 Å². The number of nitro benzene ring substituents is 1. The van der Waals surface area contributed by atoms with Crippen LogP contribution in [-0.4, -0.2) is 30.2 Å². The third-order valence-corrected chi connectivity index (χ3v) is 3.77. The lowest BCUT2D eigenvalue weighted by Crippen LogP contribution is -2.17. The molecule has 0 fully saturated rings. The Morgan fingerprint density at radius 1 is 1.44 bits per heavy atom. The van der Waals surface area contributed by atoms with E-state index >= 15 is 0 Å². The van der Waals surface area contributed by atoms with Gasteiger partial charge < -0.3 is 5.11 Å². The molecule has 0 aromatic heterocycles. The number of aliphatic carboxylic acids is 1. The minimum Gasteiger partial charge on any atom is -0.480 e. The van der Waals surface area contributed by atoms with Gasteiger partial charge in [-0.05, 0) is 6.07 Å². The Morgan fingerprint density at radius 2 is 2.06 bits per heavy atom. The maximum atomic E-state index is 11.5. The number of rotatable bonds is 5. The van der Waals surface area contributed by atoms with E-state index in [1.807, 2.05) is 0 Å². The van der Waals surface area contributed by atoms with Gasteiger partial charge in [0, 0.05) is 6.07 Å². The molecule has 0 unspecified atom stereocenters. The summed E-state index contributed by atoms with van der Waals surface area (Å²) in [7, 11) is -4.00. The number of sulfone groups is 1. The van der Waals surface area contributed by atoms with Gasteiger partial charge in [0.15, 0.2) is 9.84 Å². The van der Waals surface area contributed by atoms with Crippen LogP contribution in [0.5, 0.6) is 0 Å². The highest BCUT2D eigenvalue weighted by atomic mass is 35.5. The van der Waals surface area contributed by atoms with Crippen LogP contribution >= 0.6 is 11.6 Å². The number of halogens is 1. The first-order valence-electron chi connectivity index (χ1n) is 4.57. The molecule has 1 aromatic rings. The molecule has 0 bridgehead atoms. The second-order valence-corrected chi connectivity index (χ2v) is 5.89. The van der Waals surface area contributed by atoms with Gasteiger partial charge in [-0.1, -0.05) is 17.7 Å². The van der Waals surface area contributed by atoms with Crippen LogP contribution in [0.15, 0.2) is 18.2 Å². The highest BCUT2D eigenvalue weighted by molar-refractivity contribution is 7.91. The molecular weight excluding hydrogens is 286 g/mol. The fourth-order valence-corrected chi connectivity index (χ4v) is 2.86. The van der Waals surface area contributed by atoms with E-state index in [2.05, 4.69) is 0 Å². The number of nitrogens with zero attached hydrogens (tertiary/aromatic N) is 1. The molecule has 0 atom stereocenters. The second kappa shape index (κ2) is 5.32. The quantitative estimate of drug-likeness (QED) is 0.645. The molecule has 9 heteroatoms. The molecule has 0 aliphatic carbocycles. The third-order valence-electron chi connectivity index (χ3n) is 2.00. The first kappa shape index (κ1) is 14.4. The van der Waals surface area contributed by atoms with Crippen molar-refractivity contribution in [1.29, 1.82) is 0 Å². The summed E-state index contributed by atoms with van der Waals surface area (Å²) in [4.78, 5) is 20.3. The van der Waals surface area contributed by atoms with E-state index in [1.165, 1.54) is 12.1 Å². The predicted molar refractivity (Wildman–Crippen MR) is 63.2 cm³/mol. The summed E-state index contributed by atoms with van der Waals surface area (Å²) in [5.41, 5.74) is -0.651. The number of benzene rings is 1. The summed E-state index contributed by atoms with van der Waals surface area (Å²) < 4.78 is 23.0. The van der Waals surface area contributed by atoms with Crippen LogP contribution in [0.2, 0.25) is 5.02 Å². The minimum atomic E-state index is -4.00. The SMILES string of the molecule is O=C(O)CS(=O)(=O)Cc1c(Cl)cccc1[N+](=O)[O-]. The Morgan fingerprint density at radius 3 is 2.56 bits per heavy atom. The summed E-state index contributed by atoms with van der Waals surface area (Å²) in [5, 5.41) is 19.1. The van der Waals surface area contributed by atoms with Gasteiger partial charge in [0.2, 0.25) is 0 Å². The summed E-state index contributed by atoms with van der Waals surface area (Å²) in [6.07, 6.45) is 0. The number of hydrogen-bond acceptors (Lipinski definition) is 5. The molecule has 0 heterocycles. The van der Waals surface area contributed by atoms with Crippen molar-refractivity contribution in [2.75, 3.05) is 5.75 Å². The molecule has 1 rings (SSSR count). The fraction of sp³-hybridized carbons (Fsp3) is 0.222. The van der Waals surface area contributed by atoms with Crippen LogP contribution in [-0.2, 0) is 20.4 Å². The molecule has 18 heavy (non-hydrogen) atoms. The van der Waals surface area contributed by atoms with Crippen LogP contribution in [0.25, 0.3) is 0 Å². The molecule has 1 aromatic carbocycles. The van der Waals surface area contributed by atoms with Crippen LogP contribution < -0.4 is 0 Å². The number of carboxylic acids is 1. The van der Waals surface area contributed by atoms with Crippen molar-refractivity contribution in [3.05, 3.63) is 38.9 Å². The average molecular weight is 294 g/mol. The van der Waals surface area contributed by atoms with E-state index in [1.54, 1.807) is 0 Å². The van der Waals surface area contributed by atoms with Gasteiger partial charge in [0.25, 0.3) is 5.69 Å². The Hall–Kier alpha value is -1.67. The molecule has 7 nitrogen and oxygen atoms in total. The zero-order valence-electron chi connectivity index (χ0n) is 8.87. The van der Waals surface area contributed by atoms with E-state index < -0.39 is 37.9 Å². The van der Waals surface area contributed by atoms with Crippen molar-refractivity contribution in [1.82, 2.24) is 0 Å². The van der Waals surface area contributed by atoms with Crippen molar-refractivity contribution in [3.8, 4) is 0 Å². The summed E-state index contributed by atoms with van der Waals surface area (Å²) >= 11 is 5.70. The van der Waals surface area contributed by atoms with Gasteiger partial charge in [-0.25, -0.2) is 8.42 Å². The Labute approximate surface area is 107 Å². The van der Waals surface area contributed by atoms with Gasteiger partial charge in [0.1, 0.15) is 5.75 Å². The van der Waals surface area contributed by atoms with Crippen molar-refractivity contribution < 1.29 is 23.2 Å². The smallest absolute Gasteiger partial charge is 0.318 e. The molecule has 0 saturated heterocycles. The summed E-state index contributed by atoms with van der Waals surface area (Å²) in [5.74, 6) is -3.41. The molecule has 98 valence electrons. The van der Waals surface area contributed by atoms with Crippen LogP contribution in [0.3, 0.4) is 0 Å². The van der Waals surface area contributed by atoms with Crippen LogP contribution in [0, 0.1) is 10.1 Å². The lowest BCUT2D eigenvalue weighted by Gasteiger charge is -2.05. The maximum Gasteiger partial charge on any atom is 0.318 e. The first-order valence-corrected chi connectivity index (χ1v) is 6.77. The van der Waals surface area contributed by atoms with Crippen molar-refractivity contribution in [2.24, 2.45) is 0 Å². The normalized spacial score (nSPS) is 11.2. The molecular formula is C9H8ClNO6S. The third kappa shape index (κ3) is 3.67. The van der Waals surface area contributed by atoms with E-state index in [0.29, 0.717) is 0 Å². The number of hydrogen-bond donors (Lipinski definition) is 1. The molecule has 0 spiro atoms. The lowest BCUT2D eigenvalue weighted by molar-refractivity contribution is -0.385. The molecule has 0 aliphatic heterocycles. The zero-order valence-corrected chi connectivity index (χ0v) is 10.4. The topological polar surface area (TPSA) is 115 Å². The van der Waals surface area contributed by atoms with E-state index in [-0.39, 0.29) is 10.6 Å². The van der Waals surface area contributed by atoms with Gasteiger partial charge in [-0.3, -0.25) is 14.9 Å². The number of carboxylic acid groups (broad SMARTS) is 1. The van der Waals surface area contributed by atoms with Crippen molar-refractivity contribution in [3.63, 3.8) is 0 Å². The fourth-order valence-electron chi connectivity index (χ4n) is 1.32. The molecule has 0 amide bonds. The zero-order chi connectivity index (χ0) is 13.9. The largest absolute Gasteiger partial charge is 0.480 e. The average Bonchev–Trinajstić information content (AvgIpc) is 2.18. The number of carbonyl (C=O) groups is 1.